The highest BCUT2D eigenvalue weighted by Crippen LogP contribution is 2.14. The number of amides is 1. The van der Waals surface area contributed by atoms with Crippen molar-refractivity contribution < 1.29 is 14.7 Å². The molecule has 0 fully saturated rings. The summed E-state index contributed by atoms with van der Waals surface area (Å²) in [6, 6.07) is 3.09. The molecule has 32 heavy (non-hydrogen) atoms. The van der Waals surface area contributed by atoms with Crippen LogP contribution >= 0.6 is 23.1 Å². The van der Waals surface area contributed by atoms with E-state index in [0.29, 0.717) is 18.6 Å². The summed E-state index contributed by atoms with van der Waals surface area (Å²) < 4.78 is 0. The van der Waals surface area contributed by atoms with Crippen molar-refractivity contribution in [1.29, 1.82) is 0 Å². The molecule has 1 aromatic rings. The van der Waals surface area contributed by atoms with Crippen molar-refractivity contribution >= 4 is 35.0 Å². The molecule has 0 radical (unpaired) electrons. The first kappa shape index (κ1) is 30.2. The first-order chi connectivity index (χ1) is 14.8. The molecule has 0 bridgehead atoms. The lowest BCUT2D eigenvalue weighted by Crippen LogP contribution is -2.42. The van der Waals surface area contributed by atoms with E-state index in [1.807, 2.05) is 17.5 Å². The van der Waals surface area contributed by atoms with Crippen LogP contribution in [0.4, 0.5) is 0 Å². The molecule has 6 heteroatoms. The van der Waals surface area contributed by atoms with Gasteiger partial charge in [0.2, 0.25) is 5.91 Å². The van der Waals surface area contributed by atoms with Crippen LogP contribution in [-0.2, 0) is 16.0 Å². The lowest BCUT2D eigenvalue weighted by Gasteiger charge is -2.13. The number of thiophene rings is 1. The van der Waals surface area contributed by atoms with E-state index in [1.54, 1.807) is 11.3 Å². The van der Waals surface area contributed by atoms with Gasteiger partial charge in [-0.05, 0) is 71.2 Å². The molecule has 0 aliphatic rings. The van der Waals surface area contributed by atoms with Crippen LogP contribution in [0.2, 0.25) is 0 Å². The van der Waals surface area contributed by atoms with Gasteiger partial charge in [-0.15, -0.1) is 11.3 Å². The van der Waals surface area contributed by atoms with Crippen molar-refractivity contribution in [2.75, 3.05) is 11.5 Å². The molecule has 0 saturated heterocycles. The van der Waals surface area contributed by atoms with Gasteiger partial charge in [0.15, 0.2) is 0 Å². The smallest absolute Gasteiger partial charge is 0.327 e. The molecule has 0 aliphatic carbocycles. The van der Waals surface area contributed by atoms with Gasteiger partial charge < -0.3 is 10.4 Å². The normalized spacial score (nSPS) is 12.6. The number of rotatable bonds is 15. The number of carboxylic acid groups (broad SMARTS) is 1. The Hall–Kier alpha value is -1.79. The maximum atomic E-state index is 12.1. The molecule has 0 unspecified atom stereocenters. The minimum Gasteiger partial charge on any atom is -0.480 e. The Bertz CT molecular complexity index is 760. The highest BCUT2D eigenvalue weighted by molar-refractivity contribution is 7.99. The average Bonchev–Trinajstić information content (AvgIpc) is 3.22. The summed E-state index contributed by atoms with van der Waals surface area (Å²) in [5.41, 5.74) is 4.11. The third kappa shape index (κ3) is 15.1. The zero-order chi connectivity index (χ0) is 23.1. The van der Waals surface area contributed by atoms with Crippen LogP contribution in [0.1, 0.15) is 72.1 Å². The number of allylic oxidation sites excluding steroid dienone is 5. The zero-order valence-corrected chi connectivity index (χ0v) is 20.9. The van der Waals surface area contributed by atoms with Crippen LogP contribution < -0.4 is 5.32 Å². The summed E-state index contributed by atoms with van der Waals surface area (Å²) in [4.78, 5) is 24.7. The number of nitrogens with one attached hydrogen (secondary N) is 1. The Morgan fingerprint density at radius 3 is 2.31 bits per heavy atom. The topological polar surface area (TPSA) is 66.4 Å². The van der Waals surface area contributed by atoms with E-state index >= 15 is 0 Å². The maximum Gasteiger partial charge on any atom is 0.327 e. The second-order valence-electron chi connectivity index (χ2n) is 8.03. The van der Waals surface area contributed by atoms with E-state index in [9.17, 15) is 14.7 Å². The van der Waals surface area contributed by atoms with Crippen LogP contribution in [0.5, 0.6) is 0 Å². The number of hydrogen-bond donors (Lipinski definition) is 2. The minimum atomic E-state index is -0.980. The number of carbonyl (C=O) groups excluding carboxylic acids is 1. The number of thioether (sulfide) groups is 1. The van der Waals surface area contributed by atoms with Crippen molar-refractivity contribution in [3.05, 3.63) is 57.3 Å². The molecule has 0 saturated carbocycles. The molecule has 1 amide bonds. The lowest BCUT2D eigenvalue weighted by molar-refractivity contribution is -0.141. The molecule has 0 aliphatic heterocycles. The third-order valence-electron chi connectivity index (χ3n) is 4.77. The molecular weight excluding hydrogens is 438 g/mol. The fourth-order valence-corrected chi connectivity index (χ4v) is 4.57. The highest BCUT2D eigenvalue weighted by atomic mass is 32.2. The third-order valence-corrected chi connectivity index (χ3v) is 6.68. The first-order valence-corrected chi connectivity index (χ1v) is 12.9. The molecule has 0 aromatic carbocycles. The van der Waals surface area contributed by atoms with Gasteiger partial charge in [0.05, 0.1) is 0 Å². The average molecular weight is 480 g/mol. The van der Waals surface area contributed by atoms with Gasteiger partial charge in [0, 0.05) is 22.8 Å². The van der Waals surface area contributed by atoms with Gasteiger partial charge in [0.25, 0.3) is 0 Å². The van der Waals surface area contributed by atoms with Gasteiger partial charge in [-0.2, -0.15) is 11.8 Å². The number of carboxylic acids is 1. The quantitative estimate of drug-likeness (QED) is 0.209. The zero-order valence-electron chi connectivity index (χ0n) is 19.3. The summed E-state index contributed by atoms with van der Waals surface area (Å²) in [6.07, 6.45) is 12.0. The minimum absolute atomic E-state index is 0. The van der Waals surface area contributed by atoms with E-state index < -0.39 is 12.0 Å². The maximum absolute atomic E-state index is 12.1. The van der Waals surface area contributed by atoms with Crippen LogP contribution in [0.25, 0.3) is 0 Å². The standard InChI is InChI=1S/C25H37NO3S2.CH4/c1-19(2)8-5-9-20(3)10-6-11-21(4)15-17-30-18-23(25(28)29)26-24(27)14-13-22-12-7-16-31-22;/h7-8,10,12,15-16,23H,5-6,9,11,13-14,17-18H2,1-4H3,(H,26,27)(H,28,29);1H4/b20-10+,21-15+;/t23-;/m0./s1. The van der Waals surface area contributed by atoms with Crippen molar-refractivity contribution in [3.8, 4) is 0 Å². The summed E-state index contributed by atoms with van der Waals surface area (Å²) in [5, 5.41) is 14.0. The molecule has 4 nitrogen and oxygen atoms in total. The van der Waals surface area contributed by atoms with Crippen molar-refractivity contribution in [2.45, 2.75) is 79.7 Å². The van der Waals surface area contributed by atoms with Crippen molar-refractivity contribution in [1.82, 2.24) is 5.32 Å². The molecule has 0 spiro atoms. The van der Waals surface area contributed by atoms with Crippen LogP contribution in [-0.4, -0.2) is 34.5 Å². The number of aliphatic carboxylic acids is 1. The number of aryl methyl sites for hydroxylation is 1. The monoisotopic (exact) mass is 479 g/mol. The Morgan fingerprint density at radius 2 is 1.72 bits per heavy atom. The van der Waals surface area contributed by atoms with Crippen molar-refractivity contribution in [3.63, 3.8) is 0 Å². The summed E-state index contributed by atoms with van der Waals surface area (Å²) in [5.74, 6) is -0.0664. The SMILES string of the molecule is C.CC(C)=CCC/C(C)=C/CC/C(C)=C/CSC[C@H](NC(=O)CCc1cccs1)C(=O)O. The van der Waals surface area contributed by atoms with E-state index in [4.69, 9.17) is 0 Å². The van der Waals surface area contributed by atoms with Gasteiger partial charge in [0.1, 0.15) is 6.04 Å². The second kappa shape index (κ2) is 17.7. The summed E-state index contributed by atoms with van der Waals surface area (Å²) >= 11 is 3.15. The molecule has 1 atom stereocenters. The predicted molar refractivity (Wildman–Crippen MR) is 142 cm³/mol. The molecule has 1 rings (SSSR count). The molecular formula is C26H41NO3S2. The number of hydrogen-bond acceptors (Lipinski definition) is 4. The largest absolute Gasteiger partial charge is 0.480 e. The highest BCUT2D eigenvalue weighted by Gasteiger charge is 2.19. The van der Waals surface area contributed by atoms with E-state index in [-0.39, 0.29) is 13.3 Å². The van der Waals surface area contributed by atoms with Gasteiger partial charge in [-0.1, -0.05) is 48.4 Å². The number of carbonyl (C=O) groups is 2. The Morgan fingerprint density at radius 1 is 1.06 bits per heavy atom. The van der Waals surface area contributed by atoms with E-state index in [2.05, 4.69) is 51.2 Å². The predicted octanol–water partition coefficient (Wildman–Crippen LogP) is 7.04. The first-order valence-electron chi connectivity index (χ1n) is 10.8. The second-order valence-corrected chi connectivity index (χ2v) is 10.1. The fourth-order valence-electron chi connectivity index (χ4n) is 2.86. The van der Waals surface area contributed by atoms with E-state index in [1.165, 1.54) is 28.5 Å². The molecule has 180 valence electrons. The summed E-state index contributed by atoms with van der Waals surface area (Å²) in [7, 11) is 0. The fraction of sp³-hybridized carbons (Fsp3) is 0.538. The van der Waals surface area contributed by atoms with Crippen LogP contribution in [0, 0.1) is 0 Å². The molecule has 1 aromatic heterocycles. The van der Waals surface area contributed by atoms with Crippen LogP contribution in [0.15, 0.2) is 52.5 Å². The van der Waals surface area contributed by atoms with Gasteiger partial charge in [-0.25, -0.2) is 4.79 Å². The summed E-state index contributed by atoms with van der Waals surface area (Å²) in [6.45, 7) is 8.57. The van der Waals surface area contributed by atoms with E-state index in [0.717, 1.165) is 36.3 Å². The molecule has 2 N–H and O–H groups in total. The lowest BCUT2D eigenvalue weighted by atomic mass is 10.1. The van der Waals surface area contributed by atoms with Crippen molar-refractivity contribution in [2.24, 2.45) is 0 Å². The Kier molecular flexibility index (Phi) is 16.7. The molecule has 1 heterocycles. The Labute approximate surface area is 203 Å². The van der Waals surface area contributed by atoms with Crippen LogP contribution in [0.3, 0.4) is 0 Å². The Balaban J connectivity index is 0.00000961. The van der Waals surface area contributed by atoms with Gasteiger partial charge in [-0.3, -0.25) is 4.79 Å². The van der Waals surface area contributed by atoms with Gasteiger partial charge >= 0.3 is 5.97 Å².